The lowest BCUT2D eigenvalue weighted by Gasteiger charge is -2.05. The van der Waals surface area contributed by atoms with Gasteiger partial charge in [0.05, 0.1) is 6.61 Å². The molecule has 0 fully saturated rings. The maximum Gasteiger partial charge on any atom is 0.159 e. The van der Waals surface area contributed by atoms with Gasteiger partial charge in [0.1, 0.15) is 5.75 Å². The second-order valence-corrected chi connectivity index (χ2v) is 3.91. The van der Waals surface area contributed by atoms with Gasteiger partial charge in [0, 0.05) is 30.1 Å². The SMILES string of the molecule is CCOc1cccc(-c2ncc(CNC)cn2)c1. The summed E-state index contributed by atoms with van der Waals surface area (Å²) in [4.78, 5) is 8.72. The molecular weight excluding hydrogens is 226 g/mol. The maximum absolute atomic E-state index is 5.46. The number of benzene rings is 1. The Morgan fingerprint density at radius 3 is 2.67 bits per heavy atom. The van der Waals surface area contributed by atoms with Gasteiger partial charge in [-0.25, -0.2) is 9.97 Å². The van der Waals surface area contributed by atoms with E-state index in [4.69, 9.17) is 4.74 Å². The van der Waals surface area contributed by atoms with Crippen molar-refractivity contribution in [3.8, 4) is 17.1 Å². The molecule has 0 atom stereocenters. The minimum atomic E-state index is 0.658. The minimum Gasteiger partial charge on any atom is -0.494 e. The Kier molecular flexibility index (Phi) is 4.25. The van der Waals surface area contributed by atoms with Crippen molar-refractivity contribution in [1.29, 1.82) is 0 Å². The summed E-state index contributed by atoms with van der Waals surface area (Å²) in [5.74, 6) is 1.56. The van der Waals surface area contributed by atoms with Gasteiger partial charge in [-0.1, -0.05) is 12.1 Å². The topological polar surface area (TPSA) is 47.0 Å². The molecule has 1 N–H and O–H groups in total. The van der Waals surface area contributed by atoms with Crippen LogP contribution in [0, 0.1) is 0 Å². The molecule has 0 saturated carbocycles. The molecule has 4 nitrogen and oxygen atoms in total. The van der Waals surface area contributed by atoms with Gasteiger partial charge in [-0.15, -0.1) is 0 Å². The molecule has 0 saturated heterocycles. The van der Waals surface area contributed by atoms with Gasteiger partial charge in [0.25, 0.3) is 0 Å². The van der Waals surface area contributed by atoms with Gasteiger partial charge in [-0.3, -0.25) is 0 Å². The molecular formula is C14H17N3O. The van der Waals surface area contributed by atoms with Crippen LogP contribution in [0.5, 0.6) is 5.75 Å². The fourth-order valence-corrected chi connectivity index (χ4v) is 1.69. The van der Waals surface area contributed by atoms with E-state index in [9.17, 15) is 0 Å². The van der Waals surface area contributed by atoms with Crippen molar-refractivity contribution in [1.82, 2.24) is 15.3 Å². The van der Waals surface area contributed by atoms with Gasteiger partial charge in [-0.05, 0) is 26.1 Å². The Balaban J connectivity index is 2.22. The van der Waals surface area contributed by atoms with Crippen LogP contribution in [0.15, 0.2) is 36.7 Å². The second-order valence-electron chi connectivity index (χ2n) is 3.91. The van der Waals surface area contributed by atoms with Crippen LogP contribution in [0.2, 0.25) is 0 Å². The summed E-state index contributed by atoms with van der Waals surface area (Å²) in [6, 6.07) is 7.82. The monoisotopic (exact) mass is 243 g/mol. The molecule has 0 radical (unpaired) electrons. The zero-order chi connectivity index (χ0) is 12.8. The van der Waals surface area contributed by atoms with E-state index >= 15 is 0 Å². The van der Waals surface area contributed by atoms with Crippen LogP contribution in [0.25, 0.3) is 11.4 Å². The molecule has 4 heteroatoms. The molecule has 0 amide bonds. The van der Waals surface area contributed by atoms with Gasteiger partial charge in [-0.2, -0.15) is 0 Å². The summed E-state index contributed by atoms with van der Waals surface area (Å²) in [7, 11) is 1.90. The lowest BCUT2D eigenvalue weighted by Crippen LogP contribution is -2.06. The second kappa shape index (κ2) is 6.12. The highest BCUT2D eigenvalue weighted by Crippen LogP contribution is 2.20. The Morgan fingerprint density at radius 2 is 2.00 bits per heavy atom. The van der Waals surface area contributed by atoms with E-state index in [1.165, 1.54) is 0 Å². The Labute approximate surface area is 107 Å². The van der Waals surface area contributed by atoms with E-state index in [1.807, 2.05) is 50.6 Å². The summed E-state index contributed by atoms with van der Waals surface area (Å²) < 4.78 is 5.46. The number of aromatic nitrogens is 2. The van der Waals surface area contributed by atoms with E-state index in [0.717, 1.165) is 29.2 Å². The molecule has 1 heterocycles. The lowest BCUT2D eigenvalue weighted by atomic mass is 10.2. The van der Waals surface area contributed by atoms with Gasteiger partial charge in [0.15, 0.2) is 5.82 Å². The molecule has 0 aliphatic carbocycles. The minimum absolute atomic E-state index is 0.658. The first kappa shape index (κ1) is 12.5. The van der Waals surface area contributed by atoms with E-state index in [-0.39, 0.29) is 0 Å². The Morgan fingerprint density at radius 1 is 1.22 bits per heavy atom. The number of hydrogen-bond acceptors (Lipinski definition) is 4. The summed E-state index contributed by atoms with van der Waals surface area (Å²) in [6.07, 6.45) is 3.68. The Bertz CT molecular complexity index is 497. The van der Waals surface area contributed by atoms with Crippen molar-refractivity contribution in [2.45, 2.75) is 13.5 Å². The average Bonchev–Trinajstić information content (AvgIpc) is 2.41. The normalized spacial score (nSPS) is 10.3. The smallest absolute Gasteiger partial charge is 0.159 e. The first-order valence-electron chi connectivity index (χ1n) is 6.02. The molecule has 0 spiro atoms. The number of hydrogen-bond donors (Lipinski definition) is 1. The van der Waals surface area contributed by atoms with Gasteiger partial charge in [0.2, 0.25) is 0 Å². The molecule has 18 heavy (non-hydrogen) atoms. The molecule has 0 aliphatic heterocycles. The predicted molar refractivity (Wildman–Crippen MR) is 71.4 cm³/mol. The molecule has 1 aromatic carbocycles. The third-order valence-corrected chi connectivity index (χ3v) is 2.49. The van der Waals surface area contributed by atoms with Crippen molar-refractivity contribution < 1.29 is 4.74 Å². The van der Waals surface area contributed by atoms with E-state index in [0.29, 0.717) is 6.61 Å². The fraction of sp³-hybridized carbons (Fsp3) is 0.286. The number of nitrogens with one attached hydrogen (secondary N) is 1. The van der Waals surface area contributed by atoms with E-state index in [1.54, 1.807) is 0 Å². The average molecular weight is 243 g/mol. The van der Waals surface area contributed by atoms with Crippen molar-refractivity contribution in [3.05, 3.63) is 42.2 Å². The summed E-state index contributed by atoms with van der Waals surface area (Å²) >= 11 is 0. The summed E-state index contributed by atoms with van der Waals surface area (Å²) in [6.45, 7) is 3.40. The van der Waals surface area contributed by atoms with Crippen LogP contribution in [0.3, 0.4) is 0 Å². The Hall–Kier alpha value is -1.94. The molecule has 2 aromatic rings. The van der Waals surface area contributed by atoms with Crippen LogP contribution in [-0.4, -0.2) is 23.6 Å². The molecule has 0 unspecified atom stereocenters. The number of rotatable bonds is 5. The van der Waals surface area contributed by atoms with Crippen LogP contribution >= 0.6 is 0 Å². The van der Waals surface area contributed by atoms with Crippen LogP contribution in [0.4, 0.5) is 0 Å². The predicted octanol–water partition coefficient (Wildman–Crippen LogP) is 2.26. The zero-order valence-electron chi connectivity index (χ0n) is 10.7. The number of nitrogens with zero attached hydrogens (tertiary/aromatic N) is 2. The van der Waals surface area contributed by atoms with Crippen LogP contribution < -0.4 is 10.1 Å². The van der Waals surface area contributed by atoms with Crippen molar-refractivity contribution in [2.75, 3.05) is 13.7 Å². The standard InChI is InChI=1S/C14H17N3O/c1-3-18-13-6-4-5-12(7-13)14-16-9-11(8-15-2)10-17-14/h4-7,9-10,15H,3,8H2,1-2H3. The first-order valence-corrected chi connectivity index (χ1v) is 6.02. The van der Waals surface area contributed by atoms with Crippen LogP contribution in [-0.2, 0) is 6.54 Å². The molecule has 94 valence electrons. The number of ether oxygens (including phenoxy) is 1. The van der Waals surface area contributed by atoms with E-state index in [2.05, 4.69) is 15.3 Å². The third-order valence-electron chi connectivity index (χ3n) is 2.49. The fourth-order valence-electron chi connectivity index (χ4n) is 1.69. The zero-order valence-corrected chi connectivity index (χ0v) is 10.7. The molecule has 2 rings (SSSR count). The molecule has 1 aromatic heterocycles. The highest BCUT2D eigenvalue weighted by Gasteiger charge is 2.03. The maximum atomic E-state index is 5.46. The molecule has 0 bridgehead atoms. The van der Waals surface area contributed by atoms with Crippen molar-refractivity contribution >= 4 is 0 Å². The summed E-state index contributed by atoms with van der Waals surface area (Å²) in [5, 5.41) is 3.07. The van der Waals surface area contributed by atoms with Crippen LogP contribution in [0.1, 0.15) is 12.5 Å². The highest BCUT2D eigenvalue weighted by molar-refractivity contribution is 5.57. The third kappa shape index (κ3) is 3.05. The van der Waals surface area contributed by atoms with Gasteiger partial charge >= 0.3 is 0 Å². The van der Waals surface area contributed by atoms with Gasteiger partial charge < -0.3 is 10.1 Å². The van der Waals surface area contributed by atoms with Crippen molar-refractivity contribution in [3.63, 3.8) is 0 Å². The van der Waals surface area contributed by atoms with Crippen molar-refractivity contribution in [2.24, 2.45) is 0 Å². The molecule has 0 aliphatic rings. The summed E-state index contributed by atoms with van der Waals surface area (Å²) in [5.41, 5.74) is 2.04. The lowest BCUT2D eigenvalue weighted by molar-refractivity contribution is 0.340. The largest absolute Gasteiger partial charge is 0.494 e. The van der Waals surface area contributed by atoms with E-state index < -0.39 is 0 Å². The quantitative estimate of drug-likeness (QED) is 0.875. The first-order chi connectivity index (χ1) is 8.83. The highest BCUT2D eigenvalue weighted by atomic mass is 16.5.